The number of nitrogens with zero attached hydrogens (tertiary/aromatic N) is 4. The number of carboxylic acids is 1. The van der Waals surface area contributed by atoms with E-state index < -0.39 is 11.8 Å². The van der Waals surface area contributed by atoms with Crippen molar-refractivity contribution in [2.75, 3.05) is 6.61 Å². The summed E-state index contributed by atoms with van der Waals surface area (Å²) in [6.45, 7) is 0.397. The predicted molar refractivity (Wildman–Crippen MR) is 90.4 cm³/mol. The minimum Gasteiger partial charge on any atom is -0.481 e. The summed E-state index contributed by atoms with van der Waals surface area (Å²) in [7, 11) is -0.0571. The number of aliphatic carboxylic acids is 1. The fraction of sp³-hybridized carbons (Fsp3) is 0.692. The summed E-state index contributed by atoms with van der Waals surface area (Å²) in [6.07, 6.45) is 4.39. The van der Waals surface area contributed by atoms with Gasteiger partial charge < -0.3 is 30.7 Å². The molecule has 24 heavy (non-hydrogen) atoms. The molecule has 11 heteroatoms. The molecule has 6 unspecified atom stereocenters. The first kappa shape index (κ1) is 17.2. The van der Waals surface area contributed by atoms with Crippen molar-refractivity contribution < 1.29 is 19.2 Å². The average Bonchev–Trinajstić information content (AvgIpc) is 3.13. The predicted octanol–water partition coefficient (Wildman–Crippen LogP) is -0.701. The van der Waals surface area contributed by atoms with E-state index in [1.807, 2.05) is 4.90 Å². The molecule has 0 aliphatic carbocycles. The first-order valence-corrected chi connectivity index (χ1v) is 8.69. The highest BCUT2D eigenvalue weighted by Gasteiger charge is 2.41. The highest BCUT2D eigenvalue weighted by atomic mass is 31.1. The van der Waals surface area contributed by atoms with E-state index in [0.29, 0.717) is 12.4 Å². The van der Waals surface area contributed by atoms with Crippen molar-refractivity contribution >= 4 is 33.3 Å². The summed E-state index contributed by atoms with van der Waals surface area (Å²) >= 11 is 0. The van der Waals surface area contributed by atoms with E-state index >= 15 is 0 Å². The molecule has 0 aromatic carbocycles. The summed E-state index contributed by atoms with van der Waals surface area (Å²) in [4.78, 5) is 25.2. The highest BCUT2D eigenvalue weighted by Crippen LogP contribution is 2.30. The van der Waals surface area contributed by atoms with Crippen molar-refractivity contribution in [2.45, 2.75) is 49.6 Å². The van der Waals surface area contributed by atoms with Crippen LogP contribution < -0.4 is 11.5 Å². The van der Waals surface area contributed by atoms with Gasteiger partial charge in [-0.1, -0.05) is 0 Å². The van der Waals surface area contributed by atoms with Gasteiger partial charge in [-0.2, -0.15) is 0 Å². The number of carbonyl (C=O) groups is 1. The first-order chi connectivity index (χ1) is 11.5. The number of rotatable bonds is 7. The van der Waals surface area contributed by atoms with Gasteiger partial charge in [-0.25, -0.2) is 9.98 Å². The lowest BCUT2D eigenvalue weighted by Gasteiger charge is -2.30. The molecule has 6 atom stereocenters. The smallest absolute Gasteiger partial charge is 0.305 e. The molecule has 10 nitrogen and oxygen atoms in total. The van der Waals surface area contributed by atoms with Gasteiger partial charge in [0.05, 0.1) is 31.3 Å². The molecule has 3 aliphatic heterocycles. The van der Waals surface area contributed by atoms with Crippen LogP contribution in [0.4, 0.5) is 0 Å². The molecule has 0 spiro atoms. The number of fused-ring (bicyclic) bond motifs is 1. The van der Waals surface area contributed by atoms with Gasteiger partial charge in [0, 0.05) is 8.81 Å². The molecule has 3 aliphatic rings. The van der Waals surface area contributed by atoms with Crippen LogP contribution in [0, 0.1) is 0 Å². The van der Waals surface area contributed by atoms with Gasteiger partial charge in [-0.05, 0) is 12.8 Å². The number of hydrogen-bond donors (Lipinski definition) is 3. The van der Waals surface area contributed by atoms with Crippen molar-refractivity contribution in [1.82, 2.24) is 4.90 Å². The Morgan fingerprint density at radius 1 is 1.54 bits per heavy atom. The van der Waals surface area contributed by atoms with Crippen molar-refractivity contribution in [2.24, 2.45) is 26.4 Å². The lowest BCUT2D eigenvalue weighted by atomic mass is 10.2. The third kappa shape index (κ3) is 3.89. The second kappa shape index (κ2) is 7.52. The molecule has 132 valence electrons. The van der Waals surface area contributed by atoms with Crippen LogP contribution in [-0.4, -0.2) is 71.4 Å². The molecular weight excluding hydrogens is 335 g/mol. The maximum atomic E-state index is 10.6. The van der Waals surface area contributed by atoms with Crippen LogP contribution in [0.1, 0.15) is 19.3 Å². The van der Waals surface area contributed by atoms with Gasteiger partial charge >= 0.3 is 5.97 Å². The molecule has 0 aromatic rings. The first-order valence-electron chi connectivity index (χ1n) is 7.70. The largest absolute Gasteiger partial charge is 0.481 e. The Morgan fingerprint density at radius 3 is 3.17 bits per heavy atom. The van der Waals surface area contributed by atoms with Gasteiger partial charge in [-0.3, -0.25) is 9.79 Å². The Kier molecular flexibility index (Phi) is 5.40. The number of amidine groups is 1. The zero-order valence-electron chi connectivity index (χ0n) is 13.0. The standard InChI is InChI=1S/C13H21N6O4P/c14-8(3-10(20)21)24-22-4-7-1-2-9(23-7)19-6-18-11-12(15)16-5-17-13(11)19/h5-9,11,13,24H,1-4,14H2,(H,20,21)(H2,15,16,17). The second-order valence-corrected chi connectivity index (χ2v) is 7.08. The summed E-state index contributed by atoms with van der Waals surface area (Å²) in [5.74, 6) is -0.945. The van der Waals surface area contributed by atoms with Gasteiger partial charge in [0.25, 0.3) is 0 Å². The maximum absolute atomic E-state index is 10.6. The topological polar surface area (TPSA) is 148 Å². The Bertz CT molecular complexity index is 571. The molecule has 3 heterocycles. The van der Waals surface area contributed by atoms with E-state index in [1.165, 1.54) is 6.34 Å². The molecule has 1 saturated heterocycles. The second-order valence-electron chi connectivity index (χ2n) is 5.81. The van der Waals surface area contributed by atoms with Crippen LogP contribution in [0.3, 0.4) is 0 Å². The maximum Gasteiger partial charge on any atom is 0.305 e. The van der Waals surface area contributed by atoms with Crippen LogP contribution in [0.15, 0.2) is 15.0 Å². The van der Waals surface area contributed by atoms with Crippen LogP contribution in [0.5, 0.6) is 0 Å². The van der Waals surface area contributed by atoms with Crippen LogP contribution in [0.25, 0.3) is 0 Å². The molecule has 0 aromatic heterocycles. The molecule has 5 N–H and O–H groups in total. The molecule has 0 bridgehead atoms. The summed E-state index contributed by atoms with van der Waals surface area (Å²) in [5.41, 5.74) is 11.5. The van der Waals surface area contributed by atoms with Gasteiger partial charge in [-0.15, -0.1) is 0 Å². The fourth-order valence-electron chi connectivity index (χ4n) is 2.84. The van der Waals surface area contributed by atoms with Crippen molar-refractivity contribution in [3.05, 3.63) is 0 Å². The molecule has 3 rings (SSSR count). The number of carboxylic acid groups (broad SMARTS) is 1. The molecular formula is C13H21N6O4P. The third-order valence-electron chi connectivity index (χ3n) is 3.99. The van der Waals surface area contributed by atoms with Crippen LogP contribution in [0.2, 0.25) is 0 Å². The van der Waals surface area contributed by atoms with Crippen molar-refractivity contribution in [3.8, 4) is 0 Å². The van der Waals surface area contributed by atoms with Gasteiger partial charge in [0.15, 0.2) is 6.17 Å². The fourth-order valence-corrected chi connectivity index (χ4v) is 3.59. The Labute approximate surface area is 140 Å². The Morgan fingerprint density at radius 2 is 2.38 bits per heavy atom. The van der Waals surface area contributed by atoms with E-state index in [1.54, 1.807) is 6.34 Å². The minimum atomic E-state index is -0.922. The molecule has 1 fully saturated rings. The number of hydrogen-bond acceptors (Lipinski definition) is 9. The lowest BCUT2D eigenvalue weighted by Crippen LogP contribution is -2.47. The molecule has 0 amide bonds. The SMILES string of the molecule is NC1=NC=NC2C1N=CN2C1CCC(COPC(N)CC(=O)O)O1. The number of nitrogens with two attached hydrogens (primary N) is 2. The van der Waals surface area contributed by atoms with Crippen molar-refractivity contribution in [1.29, 1.82) is 0 Å². The van der Waals surface area contributed by atoms with E-state index in [0.717, 1.165) is 12.8 Å². The average molecular weight is 356 g/mol. The third-order valence-corrected chi connectivity index (χ3v) is 4.83. The Hall–Kier alpha value is -1.61. The molecule has 0 saturated carbocycles. The lowest BCUT2D eigenvalue weighted by molar-refractivity contribution is -0.137. The molecule has 0 radical (unpaired) electrons. The van der Waals surface area contributed by atoms with Crippen LogP contribution >= 0.6 is 8.81 Å². The highest BCUT2D eigenvalue weighted by molar-refractivity contribution is 7.33. The number of aliphatic imine (C=N–C) groups is 3. The van der Waals surface area contributed by atoms with Crippen molar-refractivity contribution in [3.63, 3.8) is 0 Å². The van der Waals surface area contributed by atoms with E-state index in [9.17, 15) is 4.79 Å². The van der Waals surface area contributed by atoms with E-state index in [4.69, 9.17) is 25.8 Å². The quantitative estimate of drug-likeness (QED) is 0.511. The summed E-state index contributed by atoms with van der Waals surface area (Å²) < 4.78 is 11.5. The minimum absolute atomic E-state index is 0.0504. The zero-order chi connectivity index (χ0) is 17.1. The normalized spacial score (nSPS) is 33.2. The summed E-state index contributed by atoms with van der Waals surface area (Å²) in [6, 6.07) is -0.246. The van der Waals surface area contributed by atoms with Gasteiger partial charge in [0.1, 0.15) is 24.4 Å². The monoisotopic (exact) mass is 356 g/mol. The van der Waals surface area contributed by atoms with E-state index in [2.05, 4.69) is 15.0 Å². The van der Waals surface area contributed by atoms with E-state index in [-0.39, 0.29) is 39.8 Å². The number of ether oxygens (including phenoxy) is 1. The van der Waals surface area contributed by atoms with Gasteiger partial charge in [0.2, 0.25) is 0 Å². The van der Waals surface area contributed by atoms with Crippen LogP contribution in [-0.2, 0) is 14.1 Å². The Balaban J connectivity index is 1.43. The zero-order valence-corrected chi connectivity index (χ0v) is 14.0. The summed E-state index contributed by atoms with van der Waals surface area (Å²) in [5, 5.41) is 8.66.